The average Bonchev–Trinajstić information content (AvgIpc) is 2.85. The number of rotatable bonds is 4. The van der Waals surface area contributed by atoms with Gasteiger partial charge in [-0.15, -0.1) is 0 Å². The van der Waals surface area contributed by atoms with Crippen molar-refractivity contribution in [1.82, 2.24) is 5.32 Å². The van der Waals surface area contributed by atoms with E-state index in [1.165, 1.54) is 11.8 Å². The molecule has 0 saturated carbocycles. The van der Waals surface area contributed by atoms with Crippen molar-refractivity contribution >= 4 is 56.2 Å². The summed E-state index contributed by atoms with van der Waals surface area (Å²) in [7, 11) is 0. The second-order valence-corrected chi connectivity index (χ2v) is 7.39. The fourth-order valence-corrected chi connectivity index (χ4v) is 3.59. The van der Waals surface area contributed by atoms with E-state index in [1.54, 1.807) is 0 Å². The minimum Gasteiger partial charge on any atom is -0.488 e. The number of thioether (sulfide) groups is 1. The Hall–Kier alpha value is -1.63. The first-order valence-electron chi connectivity index (χ1n) is 6.83. The number of halogens is 1. The van der Waals surface area contributed by atoms with Crippen molar-refractivity contribution in [2.24, 2.45) is 0 Å². The molecule has 6 heteroatoms. The highest BCUT2D eigenvalue weighted by molar-refractivity contribution is 9.10. The quantitative estimate of drug-likeness (QED) is 0.599. The molecule has 0 aliphatic carbocycles. The maximum atomic E-state index is 11.7. The first kappa shape index (κ1) is 16.2. The Morgan fingerprint density at radius 1 is 1.22 bits per heavy atom. The van der Waals surface area contributed by atoms with Crippen molar-refractivity contribution in [3.05, 3.63) is 69.0 Å². The molecule has 1 aliphatic heterocycles. The number of carbonyl (C=O) groups excluding carboxylic acids is 1. The van der Waals surface area contributed by atoms with Crippen molar-refractivity contribution < 1.29 is 9.53 Å². The Morgan fingerprint density at radius 3 is 2.65 bits per heavy atom. The van der Waals surface area contributed by atoms with Crippen molar-refractivity contribution in [3.63, 3.8) is 0 Å². The number of nitrogens with one attached hydrogen (secondary N) is 1. The number of hydrogen-bond donors (Lipinski definition) is 1. The van der Waals surface area contributed by atoms with E-state index in [2.05, 4.69) is 21.2 Å². The van der Waals surface area contributed by atoms with Gasteiger partial charge in [-0.25, -0.2) is 0 Å². The molecule has 2 aromatic rings. The summed E-state index contributed by atoms with van der Waals surface area (Å²) in [5, 5.41) is 2.60. The Morgan fingerprint density at radius 2 is 2.00 bits per heavy atom. The van der Waals surface area contributed by atoms with Crippen LogP contribution in [0.4, 0.5) is 0 Å². The van der Waals surface area contributed by atoms with Crippen molar-refractivity contribution in [2.75, 3.05) is 0 Å². The highest BCUT2D eigenvalue weighted by Gasteiger charge is 2.21. The fraction of sp³-hybridized carbons (Fsp3) is 0.0588. The zero-order valence-electron chi connectivity index (χ0n) is 11.9. The van der Waals surface area contributed by atoms with Gasteiger partial charge in [-0.05, 0) is 45.3 Å². The normalized spacial score (nSPS) is 15.8. The predicted molar refractivity (Wildman–Crippen MR) is 101 cm³/mol. The summed E-state index contributed by atoms with van der Waals surface area (Å²) < 4.78 is 7.14. The predicted octanol–water partition coefficient (Wildman–Crippen LogP) is 4.52. The molecule has 1 amide bonds. The van der Waals surface area contributed by atoms with Crippen LogP contribution in [0.3, 0.4) is 0 Å². The van der Waals surface area contributed by atoms with Crippen LogP contribution in [-0.2, 0) is 11.4 Å². The van der Waals surface area contributed by atoms with Gasteiger partial charge in [0.15, 0.2) is 0 Å². The summed E-state index contributed by atoms with van der Waals surface area (Å²) in [4.78, 5) is 12.3. The van der Waals surface area contributed by atoms with E-state index in [0.29, 0.717) is 15.8 Å². The van der Waals surface area contributed by atoms with Crippen LogP contribution in [0, 0.1) is 0 Å². The van der Waals surface area contributed by atoms with Crippen LogP contribution in [-0.4, -0.2) is 10.2 Å². The molecule has 0 radical (unpaired) electrons. The Labute approximate surface area is 152 Å². The van der Waals surface area contributed by atoms with E-state index < -0.39 is 0 Å². The molecule has 0 unspecified atom stereocenters. The van der Waals surface area contributed by atoms with Gasteiger partial charge >= 0.3 is 0 Å². The van der Waals surface area contributed by atoms with Gasteiger partial charge in [0, 0.05) is 0 Å². The zero-order chi connectivity index (χ0) is 16.2. The molecular weight excluding hydrogens is 394 g/mol. The van der Waals surface area contributed by atoms with E-state index in [9.17, 15) is 4.79 Å². The first-order valence-corrected chi connectivity index (χ1v) is 8.85. The molecule has 0 atom stereocenters. The topological polar surface area (TPSA) is 38.3 Å². The maximum absolute atomic E-state index is 11.7. The molecule has 23 heavy (non-hydrogen) atoms. The molecule has 116 valence electrons. The number of benzene rings is 2. The van der Waals surface area contributed by atoms with Gasteiger partial charge in [-0.3, -0.25) is 4.79 Å². The van der Waals surface area contributed by atoms with E-state index in [0.717, 1.165) is 21.3 Å². The standard InChI is InChI=1S/C17H12BrNO2S2/c18-13-8-12(9-15-16(20)19-17(22)23-15)6-7-14(13)21-10-11-4-2-1-3-5-11/h1-9H,10H2,(H,19,20,22)/b15-9+. The molecule has 1 fully saturated rings. The maximum Gasteiger partial charge on any atom is 0.263 e. The molecule has 1 N–H and O–H groups in total. The number of ether oxygens (including phenoxy) is 1. The highest BCUT2D eigenvalue weighted by atomic mass is 79.9. The lowest BCUT2D eigenvalue weighted by atomic mass is 10.2. The van der Waals surface area contributed by atoms with Gasteiger partial charge in [0.05, 0.1) is 9.38 Å². The number of amides is 1. The summed E-state index contributed by atoms with van der Waals surface area (Å²) >= 11 is 9.76. The zero-order valence-corrected chi connectivity index (χ0v) is 15.1. The first-order chi connectivity index (χ1) is 11.1. The van der Waals surface area contributed by atoms with Crippen LogP contribution >= 0.6 is 39.9 Å². The van der Waals surface area contributed by atoms with Gasteiger partial charge in [-0.2, -0.15) is 0 Å². The van der Waals surface area contributed by atoms with Crippen molar-refractivity contribution in [3.8, 4) is 5.75 Å². The molecule has 1 saturated heterocycles. The lowest BCUT2D eigenvalue weighted by molar-refractivity contribution is -0.115. The third kappa shape index (κ3) is 4.22. The number of carbonyl (C=O) groups is 1. The van der Waals surface area contributed by atoms with E-state index >= 15 is 0 Å². The second kappa shape index (κ2) is 7.29. The molecule has 3 rings (SSSR count). The van der Waals surface area contributed by atoms with Crippen LogP contribution < -0.4 is 10.1 Å². The molecule has 1 heterocycles. The van der Waals surface area contributed by atoms with Gasteiger partial charge in [0.2, 0.25) is 0 Å². The second-order valence-electron chi connectivity index (χ2n) is 4.82. The lowest BCUT2D eigenvalue weighted by Crippen LogP contribution is -2.17. The summed E-state index contributed by atoms with van der Waals surface area (Å²) in [5.41, 5.74) is 2.02. The van der Waals surface area contributed by atoms with Crippen molar-refractivity contribution in [1.29, 1.82) is 0 Å². The molecule has 3 nitrogen and oxygen atoms in total. The van der Waals surface area contributed by atoms with Gasteiger partial charge in [0.25, 0.3) is 5.91 Å². The summed E-state index contributed by atoms with van der Waals surface area (Å²) in [6.45, 7) is 0.506. The Bertz CT molecular complexity index is 790. The lowest BCUT2D eigenvalue weighted by Gasteiger charge is -2.09. The number of thiocarbonyl (C=S) groups is 1. The number of hydrogen-bond acceptors (Lipinski definition) is 4. The summed E-state index contributed by atoms with van der Waals surface area (Å²) in [6.07, 6.45) is 1.81. The highest BCUT2D eigenvalue weighted by Crippen LogP contribution is 2.30. The average molecular weight is 406 g/mol. The van der Waals surface area contributed by atoms with Crippen LogP contribution in [0.25, 0.3) is 6.08 Å². The van der Waals surface area contributed by atoms with Crippen LogP contribution in [0.15, 0.2) is 57.9 Å². The van der Waals surface area contributed by atoms with E-state index in [1.807, 2.05) is 54.6 Å². The summed E-state index contributed by atoms with van der Waals surface area (Å²) in [5.74, 6) is 0.607. The fourth-order valence-electron chi connectivity index (χ4n) is 2.03. The van der Waals surface area contributed by atoms with E-state index in [4.69, 9.17) is 17.0 Å². The molecule has 0 aromatic heterocycles. The third-order valence-electron chi connectivity index (χ3n) is 3.13. The third-order valence-corrected chi connectivity index (χ3v) is 4.92. The van der Waals surface area contributed by atoms with Crippen molar-refractivity contribution in [2.45, 2.75) is 6.61 Å². The molecule has 1 aliphatic rings. The monoisotopic (exact) mass is 405 g/mol. The van der Waals surface area contributed by atoms with Crippen LogP contribution in [0.1, 0.15) is 11.1 Å². The Kier molecular flexibility index (Phi) is 5.15. The molecule has 0 bridgehead atoms. The minimum absolute atomic E-state index is 0.152. The molecule has 2 aromatic carbocycles. The van der Waals surface area contributed by atoms with E-state index in [-0.39, 0.29) is 5.91 Å². The van der Waals surface area contributed by atoms with Crippen LogP contribution in [0.2, 0.25) is 0 Å². The smallest absolute Gasteiger partial charge is 0.263 e. The summed E-state index contributed by atoms with van der Waals surface area (Å²) in [6, 6.07) is 15.7. The molecule has 0 spiro atoms. The molecular formula is C17H12BrNO2S2. The Balaban J connectivity index is 1.72. The van der Waals surface area contributed by atoms with Crippen LogP contribution in [0.5, 0.6) is 5.75 Å². The SMILES string of the molecule is O=C1NC(=S)S/C1=C/c1ccc(OCc2ccccc2)c(Br)c1. The minimum atomic E-state index is -0.152. The van der Waals surface area contributed by atoms with Gasteiger partial charge < -0.3 is 10.1 Å². The van der Waals surface area contributed by atoms with Gasteiger partial charge in [0.1, 0.15) is 16.7 Å². The van der Waals surface area contributed by atoms with Gasteiger partial charge in [-0.1, -0.05) is 60.4 Å². The largest absolute Gasteiger partial charge is 0.488 e.